The monoisotopic (exact) mass is 242 g/mol. The van der Waals surface area contributed by atoms with Gasteiger partial charge < -0.3 is 15.7 Å². The summed E-state index contributed by atoms with van der Waals surface area (Å²) >= 11 is 0. The molecule has 1 aliphatic carbocycles. The molecule has 1 saturated carbocycles. The minimum atomic E-state index is -0.895. The van der Waals surface area contributed by atoms with E-state index in [9.17, 15) is 4.79 Å². The van der Waals surface area contributed by atoms with Crippen LogP contribution in [-0.2, 0) is 4.79 Å². The van der Waals surface area contributed by atoms with Crippen molar-refractivity contribution in [3.8, 4) is 0 Å². The highest BCUT2D eigenvalue weighted by molar-refractivity contribution is 5.72. The molecule has 0 spiro atoms. The molecule has 0 amide bonds. The van der Waals surface area contributed by atoms with Gasteiger partial charge in [-0.3, -0.25) is 4.79 Å². The van der Waals surface area contributed by atoms with Crippen molar-refractivity contribution in [1.82, 2.24) is 4.90 Å². The molecular formula is C13H26N2O2. The third kappa shape index (κ3) is 4.64. The van der Waals surface area contributed by atoms with E-state index in [-0.39, 0.29) is 0 Å². The Balaban J connectivity index is 2.24. The second kappa shape index (κ2) is 6.97. The van der Waals surface area contributed by atoms with Crippen LogP contribution in [0.2, 0.25) is 0 Å². The lowest BCUT2D eigenvalue weighted by Crippen LogP contribution is -2.39. The minimum Gasteiger partial charge on any atom is -0.480 e. The lowest BCUT2D eigenvalue weighted by Gasteiger charge is -2.34. The molecular weight excluding hydrogens is 216 g/mol. The number of carboxylic acid groups (broad SMARTS) is 1. The molecule has 0 saturated heterocycles. The molecule has 0 heterocycles. The van der Waals surface area contributed by atoms with E-state index < -0.39 is 12.0 Å². The summed E-state index contributed by atoms with van der Waals surface area (Å²) in [6, 6.07) is -0.0942. The number of nitrogens with zero attached hydrogens (tertiary/aromatic N) is 1. The second-order valence-corrected chi connectivity index (χ2v) is 5.30. The summed E-state index contributed by atoms with van der Waals surface area (Å²) in [6.45, 7) is 3.05. The maximum absolute atomic E-state index is 10.6. The van der Waals surface area contributed by atoms with E-state index in [2.05, 4.69) is 18.9 Å². The standard InChI is InChI=1S/C13H26N2O2/c1-3-10-4-6-11(7-5-10)15(2)9-8-12(14)13(16)17/h10-12H,3-9,14H2,1-2H3,(H,16,17). The van der Waals surface area contributed by atoms with Gasteiger partial charge >= 0.3 is 5.97 Å². The molecule has 17 heavy (non-hydrogen) atoms. The molecule has 4 nitrogen and oxygen atoms in total. The topological polar surface area (TPSA) is 66.6 Å². The van der Waals surface area contributed by atoms with E-state index in [0.29, 0.717) is 12.5 Å². The van der Waals surface area contributed by atoms with Crippen LogP contribution in [0, 0.1) is 5.92 Å². The molecule has 4 heteroatoms. The van der Waals surface area contributed by atoms with Crippen LogP contribution in [-0.4, -0.2) is 41.7 Å². The predicted octanol–water partition coefficient (Wildman–Crippen LogP) is 1.69. The number of carbonyl (C=O) groups is 1. The summed E-state index contributed by atoms with van der Waals surface area (Å²) in [5, 5.41) is 8.73. The number of nitrogens with two attached hydrogens (primary N) is 1. The van der Waals surface area contributed by atoms with E-state index in [1.807, 2.05) is 0 Å². The van der Waals surface area contributed by atoms with E-state index in [1.54, 1.807) is 0 Å². The molecule has 0 aliphatic heterocycles. The number of hydrogen-bond acceptors (Lipinski definition) is 3. The van der Waals surface area contributed by atoms with E-state index in [0.717, 1.165) is 12.5 Å². The number of rotatable bonds is 6. The molecule has 1 rings (SSSR count). The Morgan fingerprint density at radius 2 is 2.00 bits per heavy atom. The smallest absolute Gasteiger partial charge is 0.320 e. The first kappa shape index (κ1) is 14.5. The molecule has 100 valence electrons. The summed E-state index contributed by atoms with van der Waals surface area (Å²) in [4.78, 5) is 12.9. The van der Waals surface area contributed by atoms with Crippen LogP contribution in [0.1, 0.15) is 45.4 Å². The summed E-state index contributed by atoms with van der Waals surface area (Å²) in [5.74, 6) is 0.00835. The predicted molar refractivity (Wildman–Crippen MR) is 68.9 cm³/mol. The molecule has 1 unspecified atom stereocenters. The number of hydrogen-bond donors (Lipinski definition) is 2. The van der Waals surface area contributed by atoms with Crippen LogP contribution < -0.4 is 5.73 Å². The average molecular weight is 242 g/mol. The first-order chi connectivity index (χ1) is 8.04. The van der Waals surface area contributed by atoms with Gasteiger partial charge in [-0.2, -0.15) is 0 Å². The van der Waals surface area contributed by atoms with Crippen molar-refractivity contribution in [3.05, 3.63) is 0 Å². The summed E-state index contributed by atoms with van der Waals surface area (Å²) < 4.78 is 0. The van der Waals surface area contributed by atoms with Gasteiger partial charge in [0.25, 0.3) is 0 Å². The van der Waals surface area contributed by atoms with Gasteiger partial charge in [0.15, 0.2) is 0 Å². The summed E-state index contributed by atoms with van der Waals surface area (Å²) in [7, 11) is 2.09. The van der Waals surface area contributed by atoms with Crippen LogP contribution in [0.5, 0.6) is 0 Å². The van der Waals surface area contributed by atoms with Gasteiger partial charge in [0.2, 0.25) is 0 Å². The van der Waals surface area contributed by atoms with Gasteiger partial charge in [-0.15, -0.1) is 0 Å². The van der Waals surface area contributed by atoms with Gasteiger partial charge in [0, 0.05) is 12.6 Å². The molecule has 0 radical (unpaired) electrons. The summed E-state index contributed by atoms with van der Waals surface area (Å²) in [6.07, 6.45) is 6.96. The largest absolute Gasteiger partial charge is 0.480 e. The lowest BCUT2D eigenvalue weighted by molar-refractivity contribution is -0.138. The van der Waals surface area contributed by atoms with E-state index >= 15 is 0 Å². The van der Waals surface area contributed by atoms with Crippen molar-refractivity contribution in [3.63, 3.8) is 0 Å². The van der Waals surface area contributed by atoms with Gasteiger partial charge in [-0.1, -0.05) is 13.3 Å². The Morgan fingerprint density at radius 3 is 2.47 bits per heavy atom. The Hall–Kier alpha value is -0.610. The Bertz CT molecular complexity index is 238. The third-order valence-corrected chi connectivity index (χ3v) is 4.13. The maximum atomic E-state index is 10.6. The fourth-order valence-corrected chi connectivity index (χ4v) is 2.64. The maximum Gasteiger partial charge on any atom is 0.320 e. The Kier molecular flexibility index (Phi) is 5.92. The fourth-order valence-electron chi connectivity index (χ4n) is 2.64. The van der Waals surface area contributed by atoms with Crippen LogP contribution in [0.3, 0.4) is 0 Å². The lowest BCUT2D eigenvalue weighted by atomic mass is 9.84. The van der Waals surface area contributed by atoms with Crippen molar-refractivity contribution in [1.29, 1.82) is 0 Å². The third-order valence-electron chi connectivity index (χ3n) is 4.13. The number of carboxylic acids is 1. The van der Waals surface area contributed by atoms with Gasteiger partial charge in [0.1, 0.15) is 6.04 Å². The SMILES string of the molecule is CCC1CCC(N(C)CCC(N)C(=O)O)CC1. The van der Waals surface area contributed by atoms with Crippen molar-refractivity contribution < 1.29 is 9.90 Å². The van der Waals surface area contributed by atoms with Gasteiger partial charge in [-0.05, 0) is 45.1 Å². The highest BCUT2D eigenvalue weighted by Gasteiger charge is 2.23. The molecule has 1 atom stereocenters. The van der Waals surface area contributed by atoms with E-state index in [1.165, 1.54) is 32.1 Å². The normalized spacial score (nSPS) is 27.1. The van der Waals surface area contributed by atoms with Crippen molar-refractivity contribution in [2.24, 2.45) is 11.7 Å². The number of aliphatic carboxylic acids is 1. The Morgan fingerprint density at radius 1 is 1.41 bits per heavy atom. The first-order valence-electron chi connectivity index (χ1n) is 6.73. The van der Waals surface area contributed by atoms with Crippen molar-refractivity contribution >= 4 is 5.97 Å². The van der Waals surface area contributed by atoms with Crippen molar-refractivity contribution in [2.75, 3.05) is 13.6 Å². The zero-order valence-electron chi connectivity index (χ0n) is 11.1. The first-order valence-corrected chi connectivity index (χ1v) is 6.73. The quantitative estimate of drug-likeness (QED) is 0.744. The molecule has 0 aromatic rings. The van der Waals surface area contributed by atoms with Crippen molar-refractivity contribution in [2.45, 2.75) is 57.5 Å². The van der Waals surface area contributed by atoms with Crippen LogP contribution in [0.15, 0.2) is 0 Å². The minimum absolute atomic E-state index is 0.541. The molecule has 1 fully saturated rings. The van der Waals surface area contributed by atoms with Gasteiger partial charge in [-0.25, -0.2) is 0 Å². The highest BCUT2D eigenvalue weighted by Crippen LogP contribution is 2.28. The van der Waals surface area contributed by atoms with E-state index in [4.69, 9.17) is 10.8 Å². The summed E-state index contributed by atoms with van der Waals surface area (Å²) in [5.41, 5.74) is 5.51. The van der Waals surface area contributed by atoms with Crippen LogP contribution >= 0.6 is 0 Å². The molecule has 0 aromatic heterocycles. The Labute approximate surface area is 104 Å². The van der Waals surface area contributed by atoms with Crippen LogP contribution in [0.4, 0.5) is 0 Å². The zero-order chi connectivity index (χ0) is 12.8. The molecule has 1 aliphatic rings. The highest BCUT2D eigenvalue weighted by atomic mass is 16.4. The van der Waals surface area contributed by atoms with Gasteiger partial charge in [0.05, 0.1) is 0 Å². The van der Waals surface area contributed by atoms with Crippen LogP contribution in [0.25, 0.3) is 0 Å². The average Bonchev–Trinajstić information content (AvgIpc) is 2.35. The zero-order valence-corrected chi connectivity index (χ0v) is 11.1. The molecule has 0 bridgehead atoms. The molecule has 3 N–H and O–H groups in total. The molecule has 0 aromatic carbocycles. The fraction of sp³-hybridized carbons (Fsp3) is 0.923. The second-order valence-electron chi connectivity index (χ2n) is 5.30.